The summed E-state index contributed by atoms with van der Waals surface area (Å²) in [5, 5.41) is 7.87. The molecule has 0 amide bonds. The minimum atomic E-state index is -0.410. The van der Waals surface area contributed by atoms with E-state index < -0.39 is 5.97 Å². The van der Waals surface area contributed by atoms with Crippen LogP contribution in [0.5, 0.6) is 0 Å². The first-order valence-electron chi connectivity index (χ1n) is 9.55. The number of anilines is 2. The summed E-state index contributed by atoms with van der Waals surface area (Å²) in [5.41, 5.74) is 5.27. The van der Waals surface area contributed by atoms with E-state index in [1.165, 1.54) is 11.1 Å². The first kappa shape index (κ1) is 19.9. The van der Waals surface area contributed by atoms with Gasteiger partial charge in [0.1, 0.15) is 5.69 Å². The van der Waals surface area contributed by atoms with E-state index in [1.54, 1.807) is 6.92 Å². The summed E-state index contributed by atoms with van der Waals surface area (Å²) in [7, 11) is 0. The molecule has 0 aliphatic heterocycles. The Morgan fingerprint density at radius 1 is 0.964 bits per heavy atom. The molecule has 0 aliphatic carbocycles. The fraction of sp³-hybridized carbons (Fsp3) is 0.273. The Bertz CT molecular complexity index is 988. The Kier molecular flexibility index (Phi) is 6.31. The Balaban J connectivity index is 1.94. The third-order valence-electron chi connectivity index (χ3n) is 4.66. The van der Waals surface area contributed by atoms with Gasteiger partial charge in [-0.25, -0.2) is 4.79 Å². The van der Waals surface area contributed by atoms with Gasteiger partial charge >= 0.3 is 5.97 Å². The first-order chi connectivity index (χ1) is 13.6. The summed E-state index contributed by atoms with van der Waals surface area (Å²) in [6.07, 6.45) is 1.81. The standard InChI is InChI=1S/C22H25N3O2S/c1-4-14-10-9-11-15(5-2)18(14)24-22(28)25-19-16-12-7-8-13-17(16)23-20(19)21(26)27-6-3/h7-13,23H,4-6H2,1-3H3,(H2,24,25,28). The van der Waals surface area contributed by atoms with E-state index in [-0.39, 0.29) is 0 Å². The molecule has 6 heteroatoms. The van der Waals surface area contributed by atoms with Crippen LogP contribution in [0.4, 0.5) is 11.4 Å². The number of benzene rings is 2. The summed E-state index contributed by atoms with van der Waals surface area (Å²) in [6.45, 7) is 6.33. The Morgan fingerprint density at radius 3 is 2.25 bits per heavy atom. The van der Waals surface area contributed by atoms with Crippen molar-refractivity contribution >= 4 is 45.6 Å². The van der Waals surface area contributed by atoms with Crippen molar-refractivity contribution in [3.8, 4) is 0 Å². The molecule has 0 fully saturated rings. The number of para-hydroxylation sites is 2. The second kappa shape index (κ2) is 8.89. The summed E-state index contributed by atoms with van der Waals surface area (Å²) >= 11 is 5.58. The third-order valence-corrected chi connectivity index (χ3v) is 4.87. The van der Waals surface area contributed by atoms with Crippen LogP contribution < -0.4 is 10.6 Å². The average molecular weight is 396 g/mol. The maximum atomic E-state index is 12.4. The number of aromatic nitrogens is 1. The molecule has 1 heterocycles. The summed E-state index contributed by atoms with van der Waals surface area (Å²) in [6, 6.07) is 14.0. The monoisotopic (exact) mass is 395 g/mol. The molecule has 2 aromatic carbocycles. The smallest absolute Gasteiger partial charge is 0.356 e. The number of esters is 1. The van der Waals surface area contributed by atoms with Crippen LogP contribution in [-0.4, -0.2) is 22.7 Å². The Labute approximate surface area is 170 Å². The molecule has 0 aliphatic rings. The molecule has 3 aromatic rings. The van der Waals surface area contributed by atoms with Crippen LogP contribution in [0.2, 0.25) is 0 Å². The maximum Gasteiger partial charge on any atom is 0.356 e. The number of aromatic amines is 1. The lowest BCUT2D eigenvalue weighted by Gasteiger charge is -2.17. The van der Waals surface area contributed by atoms with Gasteiger partial charge in [-0.2, -0.15) is 0 Å². The molecule has 3 N–H and O–H groups in total. The predicted octanol–water partition coefficient (Wildman–Crippen LogP) is 5.28. The quantitative estimate of drug-likeness (QED) is 0.391. The molecular formula is C22H25N3O2S. The van der Waals surface area contributed by atoms with Crippen molar-refractivity contribution in [3.63, 3.8) is 0 Å². The van der Waals surface area contributed by atoms with Gasteiger partial charge in [0, 0.05) is 16.6 Å². The van der Waals surface area contributed by atoms with Crippen LogP contribution in [0.3, 0.4) is 0 Å². The van der Waals surface area contributed by atoms with Crippen molar-refractivity contribution in [2.24, 2.45) is 0 Å². The van der Waals surface area contributed by atoms with E-state index in [9.17, 15) is 4.79 Å². The number of H-pyrrole nitrogens is 1. The minimum absolute atomic E-state index is 0.306. The highest BCUT2D eigenvalue weighted by molar-refractivity contribution is 7.80. The molecule has 0 atom stereocenters. The maximum absolute atomic E-state index is 12.4. The van der Waals surface area contributed by atoms with E-state index in [0.717, 1.165) is 29.4 Å². The zero-order chi connectivity index (χ0) is 20.1. The number of aryl methyl sites for hydroxylation is 2. The SMILES string of the molecule is CCOC(=O)c1[nH]c2ccccc2c1NC(=S)Nc1c(CC)cccc1CC. The van der Waals surface area contributed by atoms with Crippen LogP contribution in [0, 0.1) is 0 Å². The zero-order valence-corrected chi connectivity index (χ0v) is 17.2. The normalized spacial score (nSPS) is 10.7. The lowest BCUT2D eigenvalue weighted by atomic mass is 10.0. The van der Waals surface area contributed by atoms with E-state index in [1.807, 2.05) is 24.3 Å². The second-order valence-electron chi connectivity index (χ2n) is 6.38. The topological polar surface area (TPSA) is 66.2 Å². The van der Waals surface area contributed by atoms with Crippen molar-refractivity contribution in [3.05, 3.63) is 59.3 Å². The summed E-state index contributed by atoms with van der Waals surface area (Å²) in [4.78, 5) is 15.6. The molecule has 0 saturated carbocycles. The molecule has 5 nitrogen and oxygen atoms in total. The number of fused-ring (bicyclic) bond motifs is 1. The van der Waals surface area contributed by atoms with Gasteiger partial charge in [-0.15, -0.1) is 0 Å². The fourth-order valence-corrected chi connectivity index (χ4v) is 3.49. The van der Waals surface area contributed by atoms with Gasteiger partial charge in [0.05, 0.1) is 12.3 Å². The highest BCUT2D eigenvalue weighted by Gasteiger charge is 2.20. The third kappa shape index (κ3) is 4.02. The summed E-state index contributed by atoms with van der Waals surface area (Å²) in [5.74, 6) is -0.410. The van der Waals surface area contributed by atoms with Crippen LogP contribution in [0.1, 0.15) is 42.4 Å². The Hall–Kier alpha value is -2.86. The number of hydrogen-bond donors (Lipinski definition) is 3. The predicted molar refractivity (Wildman–Crippen MR) is 119 cm³/mol. The fourth-order valence-electron chi connectivity index (χ4n) is 3.29. The number of rotatable bonds is 6. The lowest BCUT2D eigenvalue weighted by Crippen LogP contribution is -2.22. The highest BCUT2D eigenvalue weighted by atomic mass is 32.1. The van der Waals surface area contributed by atoms with Gasteiger partial charge < -0.3 is 20.4 Å². The van der Waals surface area contributed by atoms with Gasteiger partial charge in [0.25, 0.3) is 0 Å². The van der Waals surface area contributed by atoms with Crippen molar-refractivity contribution < 1.29 is 9.53 Å². The van der Waals surface area contributed by atoms with Crippen LogP contribution >= 0.6 is 12.2 Å². The number of nitrogens with one attached hydrogen (secondary N) is 3. The number of carbonyl (C=O) groups is 1. The number of thiocarbonyl (C=S) groups is 1. The molecule has 3 rings (SSSR count). The van der Waals surface area contributed by atoms with Crippen LogP contribution in [-0.2, 0) is 17.6 Å². The molecule has 0 spiro atoms. The largest absolute Gasteiger partial charge is 0.461 e. The number of carbonyl (C=O) groups excluding carboxylic acids is 1. The van der Waals surface area contributed by atoms with Crippen molar-refractivity contribution in [2.45, 2.75) is 33.6 Å². The van der Waals surface area contributed by atoms with Gasteiger partial charge in [0.2, 0.25) is 0 Å². The average Bonchev–Trinajstić information content (AvgIpc) is 3.07. The highest BCUT2D eigenvalue weighted by Crippen LogP contribution is 2.29. The van der Waals surface area contributed by atoms with Gasteiger partial charge in [-0.1, -0.05) is 50.2 Å². The molecular weight excluding hydrogens is 370 g/mol. The van der Waals surface area contributed by atoms with Gasteiger partial charge in [0.15, 0.2) is 5.11 Å². The first-order valence-corrected chi connectivity index (χ1v) is 9.96. The van der Waals surface area contributed by atoms with Crippen molar-refractivity contribution in [1.29, 1.82) is 0 Å². The molecule has 146 valence electrons. The molecule has 28 heavy (non-hydrogen) atoms. The minimum Gasteiger partial charge on any atom is -0.461 e. The second-order valence-corrected chi connectivity index (χ2v) is 6.79. The lowest BCUT2D eigenvalue weighted by molar-refractivity contribution is 0.0522. The van der Waals surface area contributed by atoms with Crippen molar-refractivity contribution in [2.75, 3.05) is 17.2 Å². The molecule has 0 bridgehead atoms. The van der Waals surface area contributed by atoms with E-state index in [0.29, 0.717) is 23.1 Å². The number of ether oxygens (including phenoxy) is 1. The molecule has 1 aromatic heterocycles. The van der Waals surface area contributed by atoms with Crippen LogP contribution in [0.15, 0.2) is 42.5 Å². The summed E-state index contributed by atoms with van der Waals surface area (Å²) < 4.78 is 5.20. The van der Waals surface area contributed by atoms with E-state index >= 15 is 0 Å². The van der Waals surface area contributed by atoms with Gasteiger partial charge in [-0.05, 0) is 49.2 Å². The van der Waals surface area contributed by atoms with Crippen molar-refractivity contribution in [1.82, 2.24) is 4.98 Å². The molecule has 0 saturated heterocycles. The molecule has 0 unspecified atom stereocenters. The molecule has 0 radical (unpaired) electrons. The van der Waals surface area contributed by atoms with E-state index in [4.69, 9.17) is 17.0 Å². The van der Waals surface area contributed by atoms with Gasteiger partial charge in [-0.3, -0.25) is 0 Å². The zero-order valence-electron chi connectivity index (χ0n) is 16.4. The Morgan fingerprint density at radius 2 is 1.61 bits per heavy atom. The van der Waals surface area contributed by atoms with Crippen LogP contribution in [0.25, 0.3) is 10.9 Å². The number of hydrogen-bond acceptors (Lipinski definition) is 3. The van der Waals surface area contributed by atoms with E-state index in [2.05, 4.69) is 47.7 Å².